The summed E-state index contributed by atoms with van der Waals surface area (Å²) in [6.07, 6.45) is 4.52. The zero-order chi connectivity index (χ0) is 25.3. The number of likely N-dealkylation sites (tertiary alicyclic amines) is 2. The number of benzene rings is 1. The molecule has 5 rings (SSSR count). The standard InChI is InChI=1S/C26H28F3N5O2/c27-26(28,29)20-6-5-7-21(17-20)34-24(32-12-3-4-13-32)22(18-30-34)25(36)33-14-8-19(9-15-33)16-23(35)31-10-1-2-11-31/h3-7,12-13,17-19H,1-2,8-11,14-16H2. The molecule has 2 amide bonds. The molecule has 10 heteroatoms. The third-order valence-corrected chi connectivity index (χ3v) is 7.07. The molecule has 0 bridgehead atoms. The minimum atomic E-state index is -4.49. The van der Waals surface area contributed by atoms with E-state index in [2.05, 4.69) is 5.10 Å². The number of carbonyl (C=O) groups excluding carboxylic acids is 2. The van der Waals surface area contributed by atoms with Crippen molar-refractivity contribution >= 4 is 11.8 Å². The number of halogens is 3. The van der Waals surface area contributed by atoms with Crippen molar-refractivity contribution in [1.82, 2.24) is 24.1 Å². The van der Waals surface area contributed by atoms with Gasteiger partial charge in [0.15, 0.2) is 5.82 Å². The molecule has 190 valence electrons. The molecule has 36 heavy (non-hydrogen) atoms. The number of hydrogen-bond donors (Lipinski definition) is 0. The number of alkyl halides is 3. The molecule has 0 unspecified atom stereocenters. The molecule has 1 aromatic carbocycles. The number of nitrogens with zero attached hydrogens (tertiary/aromatic N) is 5. The Morgan fingerprint density at radius 2 is 1.64 bits per heavy atom. The first-order chi connectivity index (χ1) is 17.3. The molecule has 0 aliphatic carbocycles. The van der Waals surface area contributed by atoms with Crippen LogP contribution in [-0.4, -0.2) is 62.1 Å². The lowest BCUT2D eigenvalue weighted by atomic mass is 9.92. The molecular formula is C26H28F3N5O2. The summed E-state index contributed by atoms with van der Waals surface area (Å²) in [5.74, 6) is 0.616. The Balaban J connectivity index is 1.35. The predicted molar refractivity (Wildman–Crippen MR) is 127 cm³/mol. The van der Waals surface area contributed by atoms with E-state index >= 15 is 0 Å². The lowest BCUT2D eigenvalue weighted by molar-refractivity contribution is -0.137. The van der Waals surface area contributed by atoms with E-state index in [0.29, 0.717) is 30.9 Å². The van der Waals surface area contributed by atoms with E-state index in [1.54, 1.807) is 34.0 Å². The van der Waals surface area contributed by atoms with E-state index in [1.807, 2.05) is 4.90 Å². The van der Waals surface area contributed by atoms with E-state index in [9.17, 15) is 22.8 Å². The molecule has 0 atom stereocenters. The van der Waals surface area contributed by atoms with Crippen LogP contribution in [0, 0.1) is 5.92 Å². The summed E-state index contributed by atoms with van der Waals surface area (Å²) >= 11 is 0. The van der Waals surface area contributed by atoms with Crippen LogP contribution < -0.4 is 0 Å². The smallest absolute Gasteiger partial charge is 0.343 e. The van der Waals surface area contributed by atoms with Gasteiger partial charge in [0.05, 0.1) is 17.4 Å². The predicted octanol–water partition coefficient (Wildman–Crippen LogP) is 4.55. The summed E-state index contributed by atoms with van der Waals surface area (Å²) in [5, 5.41) is 4.31. The summed E-state index contributed by atoms with van der Waals surface area (Å²) in [4.78, 5) is 29.7. The molecular weight excluding hydrogens is 471 g/mol. The van der Waals surface area contributed by atoms with Crippen LogP contribution in [0.15, 0.2) is 55.0 Å². The number of piperidine rings is 1. The first kappa shape index (κ1) is 24.1. The van der Waals surface area contributed by atoms with Crippen molar-refractivity contribution < 1.29 is 22.8 Å². The van der Waals surface area contributed by atoms with E-state index in [-0.39, 0.29) is 23.4 Å². The molecule has 0 N–H and O–H groups in total. The van der Waals surface area contributed by atoms with Gasteiger partial charge < -0.3 is 14.4 Å². The number of amides is 2. The fourth-order valence-electron chi connectivity index (χ4n) is 5.07. The third kappa shape index (κ3) is 4.89. The Morgan fingerprint density at radius 1 is 0.944 bits per heavy atom. The van der Waals surface area contributed by atoms with Gasteiger partial charge in [-0.25, -0.2) is 4.68 Å². The highest BCUT2D eigenvalue weighted by Gasteiger charge is 2.32. The lowest BCUT2D eigenvalue weighted by Gasteiger charge is -2.32. The molecule has 4 heterocycles. The van der Waals surface area contributed by atoms with Gasteiger partial charge in [-0.1, -0.05) is 6.07 Å². The number of hydrogen-bond acceptors (Lipinski definition) is 3. The summed E-state index contributed by atoms with van der Waals surface area (Å²) in [6, 6.07) is 8.45. The Hall–Kier alpha value is -3.56. The van der Waals surface area contributed by atoms with Crippen molar-refractivity contribution in [1.29, 1.82) is 0 Å². The van der Waals surface area contributed by atoms with Crippen molar-refractivity contribution in [2.75, 3.05) is 26.2 Å². The van der Waals surface area contributed by atoms with Crippen LogP contribution in [0.1, 0.15) is 48.0 Å². The van der Waals surface area contributed by atoms with Gasteiger partial charge in [0.1, 0.15) is 5.56 Å². The number of rotatable bonds is 5. The highest BCUT2D eigenvalue weighted by atomic mass is 19.4. The molecule has 3 aromatic rings. The summed E-state index contributed by atoms with van der Waals surface area (Å²) in [5.41, 5.74) is -0.255. The highest BCUT2D eigenvalue weighted by molar-refractivity contribution is 5.97. The maximum absolute atomic E-state index is 13.5. The summed E-state index contributed by atoms with van der Waals surface area (Å²) in [7, 11) is 0. The van der Waals surface area contributed by atoms with Gasteiger partial charge >= 0.3 is 6.18 Å². The quantitative estimate of drug-likeness (QED) is 0.518. The lowest BCUT2D eigenvalue weighted by Crippen LogP contribution is -2.40. The fourth-order valence-corrected chi connectivity index (χ4v) is 5.07. The highest BCUT2D eigenvalue weighted by Crippen LogP contribution is 2.32. The van der Waals surface area contributed by atoms with Gasteiger partial charge in [-0.3, -0.25) is 9.59 Å². The van der Waals surface area contributed by atoms with Crippen molar-refractivity contribution in [2.24, 2.45) is 5.92 Å². The average Bonchev–Trinajstić information content (AvgIpc) is 3.65. The molecule has 2 aliphatic rings. The average molecular weight is 500 g/mol. The van der Waals surface area contributed by atoms with Crippen LogP contribution in [-0.2, 0) is 11.0 Å². The molecule has 0 radical (unpaired) electrons. The Morgan fingerprint density at radius 3 is 2.31 bits per heavy atom. The first-order valence-electron chi connectivity index (χ1n) is 12.3. The monoisotopic (exact) mass is 499 g/mol. The van der Waals surface area contributed by atoms with Crippen LogP contribution in [0.4, 0.5) is 13.2 Å². The van der Waals surface area contributed by atoms with Crippen LogP contribution in [0.2, 0.25) is 0 Å². The molecule has 2 fully saturated rings. The third-order valence-electron chi connectivity index (χ3n) is 7.07. The van der Waals surface area contributed by atoms with E-state index in [0.717, 1.165) is 50.9 Å². The molecule has 2 aromatic heterocycles. The molecule has 0 spiro atoms. The van der Waals surface area contributed by atoms with E-state index in [1.165, 1.54) is 23.0 Å². The molecule has 2 aliphatic heterocycles. The summed E-state index contributed by atoms with van der Waals surface area (Å²) < 4.78 is 43.0. The summed E-state index contributed by atoms with van der Waals surface area (Å²) in [6.45, 7) is 2.73. The van der Waals surface area contributed by atoms with Gasteiger partial charge in [-0.05, 0) is 61.9 Å². The molecule has 7 nitrogen and oxygen atoms in total. The Kier molecular flexibility index (Phi) is 6.59. The van der Waals surface area contributed by atoms with Gasteiger partial charge in [0.2, 0.25) is 5.91 Å². The second-order valence-electron chi connectivity index (χ2n) is 9.46. The minimum Gasteiger partial charge on any atom is -0.343 e. The van der Waals surface area contributed by atoms with Gasteiger partial charge in [-0.15, -0.1) is 0 Å². The van der Waals surface area contributed by atoms with E-state index < -0.39 is 11.7 Å². The van der Waals surface area contributed by atoms with Crippen LogP contribution in [0.3, 0.4) is 0 Å². The maximum Gasteiger partial charge on any atom is 0.416 e. The SMILES string of the molecule is O=C(CC1CCN(C(=O)c2cnn(-c3cccc(C(F)(F)F)c3)c2-n2cccc2)CC1)N1CCCC1. The fraction of sp³-hybridized carbons (Fsp3) is 0.423. The second-order valence-corrected chi connectivity index (χ2v) is 9.46. The minimum absolute atomic E-state index is 0.203. The van der Waals surface area contributed by atoms with Gasteiger partial charge in [-0.2, -0.15) is 18.3 Å². The van der Waals surface area contributed by atoms with E-state index in [4.69, 9.17) is 0 Å². The van der Waals surface area contributed by atoms with Crippen LogP contribution in [0.25, 0.3) is 11.5 Å². The van der Waals surface area contributed by atoms with Crippen molar-refractivity contribution in [3.63, 3.8) is 0 Å². The zero-order valence-electron chi connectivity index (χ0n) is 19.8. The normalized spacial score (nSPS) is 17.1. The van der Waals surface area contributed by atoms with Crippen molar-refractivity contribution in [3.8, 4) is 11.5 Å². The van der Waals surface area contributed by atoms with Gasteiger partial charge in [0, 0.05) is 45.0 Å². The van der Waals surface area contributed by atoms with Crippen molar-refractivity contribution in [3.05, 3.63) is 66.1 Å². The second kappa shape index (κ2) is 9.83. The number of carbonyl (C=O) groups is 2. The van der Waals surface area contributed by atoms with Gasteiger partial charge in [0.25, 0.3) is 5.91 Å². The Labute approximate surface area is 207 Å². The first-order valence-corrected chi connectivity index (χ1v) is 12.3. The maximum atomic E-state index is 13.5. The largest absolute Gasteiger partial charge is 0.416 e. The number of aromatic nitrogens is 3. The van der Waals surface area contributed by atoms with Crippen molar-refractivity contribution in [2.45, 2.75) is 38.3 Å². The van der Waals surface area contributed by atoms with Crippen LogP contribution in [0.5, 0.6) is 0 Å². The Bertz CT molecular complexity index is 1220. The topological polar surface area (TPSA) is 63.4 Å². The molecule has 2 saturated heterocycles. The zero-order valence-corrected chi connectivity index (χ0v) is 19.8. The molecule has 0 saturated carbocycles. The van der Waals surface area contributed by atoms with Crippen LogP contribution >= 0.6 is 0 Å².